The maximum atomic E-state index is 9.44. The Morgan fingerprint density at radius 1 is 1.13 bits per heavy atom. The lowest BCUT2D eigenvalue weighted by atomic mass is 10.1. The van der Waals surface area contributed by atoms with Gasteiger partial charge in [-0.25, -0.2) is 0 Å². The van der Waals surface area contributed by atoms with Crippen molar-refractivity contribution in [2.45, 2.75) is 50.6 Å². The number of unbranched alkanes of at least 4 members (excludes halogenated alkanes) is 2. The Bertz CT molecular complexity index is 177. The average molecular weight is 216 g/mol. The molecule has 2 fully saturated rings. The third kappa shape index (κ3) is 5.47. The first-order chi connectivity index (χ1) is 7.34. The Balaban J connectivity index is 1.35. The van der Waals surface area contributed by atoms with Crippen molar-refractivity contribution in [3.8, 4) is 0 Å². The molecule has 15 heavy (non-hydrogen) atoms. The summed E-state index contributed by atoms with van der Waals surface area (Å²) in [5.41, 5.74) is 0. The van der Waals surface area contributed by atoms with Gasteiger partial charge in [0.25, 0.3) is 0 Å². The molecule has 2 aliphatic rings. The van der Waals surface area contributed by atoms with E-state index in [0.29, 0.717) is 12.7 Å². The lowest BCUT2D eigenvalue weighted by Crippen LogP contribution is -2.15. The minimum absolute atomic E-state index is 0.242. The summed E-state index contributed by atoms with van der Waals surface area (Å²) in [5.74, 6) is 0. The predicted octanol–water partition coefficient (Wildman–Crippen LogP) is 1.07. The fourth-order valence-corrected chi connectivity index (χ4v) is 1.57. The van der Waals surface area contributed by atoms with Crippen molar-refractivity contribution in [1.82, 2.24) is 0 Å². The molecular weight excluding hydrogens is 196 g/mol. The van der Waals surface area contributed by atoms with E-state index in [4.69, 9.17) is 14.2 Å². The molecule has 0 amide bonds. The van der Waals surface area contributed by atoms with Crippen LogP contribution >= 0.6 is 0 Å². The van der Waals surface area contributed by atoms with Gasteiger partial charge in [-0.2, -0.15) is 0 Å². The van der Waals surface area contributed by atoms with Crippen molar-refractivity contribution in [2.24, 2.45) is 0 Å². The van der Waals surface area contributed by atoms with E-state index in [1.807, 2.05) is 0 Å². The third-order valence-electron chi connectivity index (χ3n) is 2.76. The Morgan fingerprint density at radius 3 is 2.53 bits per heavy atom. The van der Waals surface area contributed by atoms with Crippen molar-refractivity contribution >= 4 is 0 Å². The molecule has 0 radical (unpaired) electrons. The number of epoxide rings is 2. The van der Waals surface area contributed by atoms with Crippen LogP contribution in [0, 0.1) is 0 Å². The molecular formula is C11H20O4. The summed E-state index contributed by atoms with van der Waals surface area (Å²) in [5, 5.41) is 9.44. The highest BCUT2D eigenvalue weighted by molar-refractivity contribution is 4.69. The minimum atomic E-state index is -0.605. The first kappa shape index (κ1) is 11.3. The second kappa shape index (κ2) is 5.80. The molecule has 3 unspecified atom stereocenters. The van der Waals surface area contributed by atoms with Crippen molar-refractivity contribution < 1.29 is 19.3 Å². The number of rotatable bonds is 9. The summed E-state index contributed by atoms with van der Waals surface area (Å²) in [6.07, 6.45) is 5.46. The SMILES string of the molecule is OC(CCCCCC1CO1)OCC1CO1. The Kier molecular flexibility index (Phi) is 4.38. The number of hydrogen-bond acceptors (Lipinski definition) is 4. The predicted molar refractivity (Wildman–Crippen MR) is 54.5 cm³/mol. The van der Waals surface area contributed by atoms with Gasteiger partial charge in [-0.15, -0.1) is 0 Å². The van der Waals surface area contributed by atoms with E-state index in [2.05, 4.69) is 0 Å². The second-order valence-electron chi connectivity index (χ2n) is 4.34. The molecule has 1 N–H and O–H groups in total. The highest BCUT2D eigenvalue weighted by Gasteiger charge is 2.23. The first-order valence-electron chi connectivity index (χ1n) is 5.87. The zero-order valence-corrected chi connectivity index (χ0v) is 9.06. The lowest BCUT2D eigenvalue weighted by Gasteiger charge is -2.10. The number of aliphatic hydroxyl groups is 1. The summed E-state index contributed by atoms with van der Waals surface area (Å²) in [6, 6.07) is 0. The van der Waals surface area contributed by atoms with Crippen LogP contribution in [-0.2, 0) is 14.2 Å². The van der Waals surface area contributed by atoms with Gasteiger partial charge in [0.2, 0.25) is 0 Å². The fraction of sp³-hybridized carbons (Fsp3) is 1.00. The van der Waals surface area contributed by atoms with Crippen LogP contribution in [0.3, 0.4) is 0 Å². The van der Waals surface area contributed by atoms with E-state index in [-0.39, 0.29) is 6.10 Å². The Labute approximate surface area is 90.5 Å². The van der Waals surface area contributed by atoms with Gasteiger partial charge in [0.1, 0.15) is 6.10 Å². The van der Waals surface area contributed by atoms with Crippen LogP contribution in [0.4, 0.5) is 0 Å². The second-order valence-corrected chi connectivity index (χ2v) is 4.34. The van der Waals surface area contributed by atoms with Crippen LogP contribution in [0.15, 0.2) is 0 Å². The number of hydrogen-bond donors (Lipinski definition) is 1. The van der Waals surface area contributed by atoms with Crippen LogP contribution < -0.4 is 0 Å². The Morgan fingerprint density at radius 2 is 1.87 bits per heavy atom. The van der Waals surface area contributed by atoms with Crippen LogP contribution in [0.25, 0.3) is 0 Å². The summed E-state index contributed by atoms with van der Waals surface area (Å²) in [7, 11) is 0. The van der Waals surface area contributed by atoms with Crippen LogP contribution in [0.1, 0.15) is 32.1 Å². The first-order valence-corrected chi connectivity index (χ1v) is 5.87. The molecule has 0 aromatic carbocycles. The highest BCUT2D eigenvalue weighted by atomic mass is 16.6. The molecule has 2 rings (SSSR count). The normalized spacial score (nSPS) is 30.2. The summed E-state index contributed by atoms with van der Waals surface area (Å²) < 4.78 is 15.3. The molecule has 0 bridgehead atoms. The molecule has 2 saturated heterocycles. The molecule has 2 aliphatic heterocycles. The van der Waals surface area contributed by atoms with Gasteiger partial charge < -0.3 is 19.3 Å². The molecule has 0 aromatic rings. The zero-order valence-electron chi connectivity index (χ0n) is 9.06. The van der Waals surface area contributed by atoms with Crippen molar-refractivity contribution in [1.29, 1.82) is 0 Å². The van der Waals surface area contributed by atoms with E-state index in [1.165, 1.54) is 12.8 Å². The summed E-state index contributed by atoms with van der Waals surface area (Å²) >= 11 is 0. The molecule has 0 spiro atoms. The lowest BCUT2D eigenvalue weighted by molar-refractivity contribution is -0.107. The number of ether oxygens (including phenoxy) is 3. The largest absolute Gasteiger partial charge is 0.373 e. The summed E-state index contributed by atoms with van der Waals surface area (Å²) in [4.78, 5) is 0. The van der Waals surface area contributed by atoms with Crippen molar-refractivity contribution in [2.75, 3.05) is 19.8 Å². The maximum Gasteiger partial charge on any atom is 0.154 e. The fourth-order valence-electron chi connectivity index (χ4n) is 1.57. The highest BCUT2D eigenvalue weighted by Crippen LogP contribution is 2.18. The van der Waals surface area contributed by atoms with Gasteiger partial charge in [-0.05, 0) is 19.3 Å². The topological polar surface area (TPSA) is 54.5 Å². The van der Waals surface area contributed by atoms with Crippen LogP contribution in [-0.4, -0.2) is 43.4 Å². The molecule has 4 heteroatoms. The van der Waals surface area contributed by atoms with Gasteiger partial charge >= 0.3 is 0 Å². The van der Waals surface area contributed by atoms with Crippen LogP contribution in [0.2, 0.25) is 0 Å². The monoisotopic (exact) mass is 216 g/mol. The van der Waals surface area contributed by atoms with E-state index in [9.17, 15) is 5.11 Å². The molecule has 2 heterocycles. The van der Waals surface area contributed by atoms with Gasteiger partial charge in [-0.1, -0.05) is 12.8 Å². The van der Waals surface area contributed by atoms with Gasteiger partial charge in [-0.3, -0.25) is 0 Å². The standard InChI is InChI=1S/C11H20O4/c12-11(15-8-10-7-14-10)5-3-1-2-4-9-6-13-9/h9-12H,1-8H2. The smallest absolute Gasteiger partial charge is 0.154 e. The van der Waals surface area contributed by atoms with Crippen molar-refractivity contribution in [3.63, 3.8) is 0 Å². The van der Waals surface area contributed by atoms with E-state index >= 15 is 0 Å². The molecule has 0 aromatic heterocycles. The van der Waals surface area contributed by atoms with E-state index < -0.39 is 6.29 Å². The molecule has 0 aliphatic carbocycles. The summed E-state index contributed by atoms with van der Waals surface area (Å²) in [6.45, 7) is 2.28. The molecule has 88 valence electrons. The van der Waals surface area contributed by atoms with Gasteiger partial charge in [0, 0.05) is 0 Å². The van der Waals surface area contributed by atoms with E-state index in [1.54, 1.807) is 0 Å². The van der Waals surface area contributed by atoms with Gasteiger partial charge in [0.05, 0.1) is 25.9 Å². The van der Waals surface area contributed by atoms with Gasteiger partial charge in [0.15, 0.2) is 6.29 Å². The maximum absolute atomic E-state index is 9.44. The Hall–Kier alpha value is -0.160. The van der Waals surface area contributed by atoms with Crippen molar-refractivity contribution in [3.05, 3.63) is 0 Å². The third-order valence-corrected chi connectivity index (χ3v) is 2.76. The van der Waals surface area contributed by atoms with E-state index in [0.717, 1.165) is 32.5 Å². The minimum Gasteiger partial charge on any atom is -0.373 e. The molecule has 4 nitrogen and oxygen atoms in total. The molecule has 3 atom stereocenters. The molecule has 0 saturated carbocycles. The number of aliphatic hydroxyl groups excluding tert-OH is 1. The quantitative estimate of drug-likeness (QED) is 0.356. The zero-order chi connectivity index (χ0) is 10.5. The van der Waals surface area contributed by atoms with Crippen LogP contribution in [0.5, 0.6) is 0 Å². The average Bonchev–Trinajstić information content (AvgIpc) is 3.08.